The van der Waals surface area contributed by atoms with Gasteiger partial charge in [0.2, 0.25) is 0 Å². The highest BCUT2D eigenvalue weighted by molar-refractivity contribution is 5.89. The van der Waals surface area contributed by atoms with E-state index < -0.39 is 17.0 Å². The van der Waals surface area contributed by atoms with E-state index in [1.54, 1.807) is 0 Å². The van der Waals surface area contributed by atoms with Gasteiger partial charge in [-0.05, 0) is 24.1 Å². The molecule has 2 rings (SSSR count). The molecular weight excluding hydrogens is 298 g/mol. The van der Waals surface area contributed by atoms with Gasteiger partial charge in [-0.3, -0.25) is 10.1 Å². The summed E-state index contributed by atoms with van der Waals surface area (Å²) in [7, 11) is 0. The molecule has 1 unspecified atom stereocenters. The first-order valence-corrected chi connectivity index (χ1v) is 7.20. The summed E-state index contributed by atoms with van der Waals surface area (Å²) in [5, 5.41) is 20.5. The van der Waals surface area contributed by atoms with Crippen LogP contribution >= 0.6 is 0 Å². The Balaban J connectivity index is 1.77. The number of non-ortho nitro benzene ring substituents is 1. The molecule has 6 heteroatoms. The van der Waals surface area contributed by atoms with Crippen molar-refractivity contribution in [2.75, 3.05) is 6.61 Å². The van der Waals surface area contributed by atoms with Crippen LogP contribution in [0, 0.1) is 10.1 Å². The lowest BCUT2D eigenvalue weighted by molar-refractivity contribution is -0.384. The molecule has 0 bridgehead atoms. The second-order valence-corrected chi connectivity index (χ2v) is 5.07. The lowest BCUT2D eigenvalue weighted by Crippen LogP contribution is -2.15. The molecule has 6 nitrogen and oxygen atoms in total. The monoisotopic (exact) mass is 315 g/mol. The number of benzene rings is 2. The summed E-state index contributed by atoms with van der Waals surface area (Å²) in [6.45, 7) is 0.0871. The molecule has 0 amide bonds. The number of hydrogen-bond donors (Lipinski definition) is 1. The second kappa shape index (κ2) is 8.05. The molecule has 0 aliphatic rings. The zero-order valence-electron chi connectivity index (χ0n) is 12.4. The number of rotatable bonds is 7. The number of esters is 1. The van der Waals surface area contributed by atoms with Crippen LogP contribution in [0.3, 0.4) is 0 Å². The molecule has 1 atom stereocenters. The Kier molecular flexibility index (Phi) is 5.82. The summed E-state index contributed by atoms with van der Waals surface area (Å²) in [5.41, 5.74) is 1.18. The average molecular weight is 315 g/mol. The minimum absolute atomic E-state index is 0.0835. The number of carbonyl (C=O) groups is 1. The number of nitro groups is 1. The van der Waals surface area contributed by atoms with Crippen molar-refractivity contribution in [1.29, 1.82) is 0 Å². The van der Waals surface area contributed by atoms with Gasteiger partial charge in [0.1, 0.15) is 0 Å². The smallest absolute Gasteiger partial charge is 0.338 e. The number of aliphatic hydroxyl groups is 1. The van der Waals surface area contributed by atoms with Gasteiger partial charge in [-0.1, -0.05) is 30.3 Å². The van der Waals surface area contributed by atoms with Crippen molar-refractivity contribution in [2.24, 2.45) is 0 Å². The summed E-state index contributed by atoms with van der Waals surface area (Å²) in [6, 6.07) is 14.7. The molecule has 0 aliphatic carbocycles. The molecular formula is C17H17NO5. The maximum Gasteiger partial charge on any atom is 0.338 e. The molecule has 0 radical (unpaired) electrons. The molecule has 23 heavy (non-hydrogen) atoms. The third kappa shape index (κ3) is 5.19. The van der Waals surface area contributed by atoms with Gasteiger partial charge in [0.25, 0.3) is 5.69 Å². The van der Waals surface area contributed by atoms with Crippen LogP contribution in [0.5, 0.6) is 0 Å². The van der Waals surface area contributed by atoms with E-state index in [9.17, 15) is 20.0 Å². The van der Waals surface area contributed by atoms with Crippen molar-refractivity contribution in [1.82, 2.24) is 0 Å². The fourth-order valence-corrected chi connectivity index (χ4v) is 2.08. The molecule has 2 aromatic rings. The van der Waals surface area contributed by atoms with E-state index in [-0.39, 0.29) is 17.9 Å². The fraction of sp³-hybridized carbons (Fsp3) is 0.235. The molecule has 1 N–H and O–H groups in total. The molecule has 0 heterocycles. The Bertz CT molecular complexity index is 654. The van der Waals surface area contributed by atoms with Crippen molar-refractivity contribution in [3.05, 3.63) is 75.8 Å². The van der Waals surface area contributed by atoms with Gasteiger partial charge in [-0.2, -0.15) is 0 Å². The maximum absolute atomic E-state index is 11.8. The van der Waals surface area contributed by atoms with Gasteiger partial charge >= 0.3 is 5.97 Å². The predicted octanol–water partition coefficient (Wildman–Crippen LogP) is 2.75. The summed E-state index contributed by atoms with van der Waals surface area (Å²) in [4.78, 5) is 21.8. The van der Waals surface area contributed by atoms with Crippen LogP contribution in [0.4, 0.5) is 5.69 Å². The highest BCUT2D eigenvalue weighted by Crippen LogP contribution is 2.13. The van der Waals surface area contributed by atoms with Crippen molar-refractivity contribution in [2.45, 2.75) is 18.9 Å². The van der Waals surface area contributed by atoms with E-state index >= 15 is 0 Å². The van der Waals surface area contributed by atoms with Crippen LogP contribution in [-0.2, 0) is 11.2 Å². The van der Waals surface area contributed by atoms with E-state index in [0.717, 1.165) is 5.56 Å². The Morgan fingerprint density at radius 1 is 1.13 bits per heavy atom. The van der Waals surface area contributed by atoms with E-state index in [0.29, 0.717) is 12.8 Å². The molecule has 0 fully saturated rings. The summed E-state index contributed by atoms with van der Waals surface area (Å²) in [6.07, 6.45) is 0.228. The number of nitro benzene ring substituents is 1. The largest absolute Gasteiger partial charge is 0.462 e. The molecule has 0 aromatic heterocycles. The molecule has 0 saturated heterocycles. The van der Waals surface area contributed by atoms with Gasteiger partial charge in [0.05, 0.1) is 23.2 Å². The number of ether oxygens (including phenoxy) is 1. The lowest BCUT2D eigenvalue weighted by Gasteiger charge is -2.11. The zero-order valence-corrected chi connectivity index (χ0v) is 12.4. The third-order valence-electron chi connectivity index (χ3n) is 3.31. The normalized spacial score (nSPS) is 11.7. The van der Waals surface area contributed by atoms with E-state index in [4.69, 9.17) is 4.74 Å². The van der Waals surface area contributed by atoms with Crippen molar-refractivity contribution >= 4 is 11.7 Å². The van der Waals surface area contributed by atoms with Crippen molar-refractivity contribution in [3.63, 3.8) is 0 Å². The number of carbonyl (C=O) groups excluding carboxylic acids is 1. The van der Waals surface area contributed by atoms with Crippen LogP contribution < -0.4 is 0 Å². The highest BCUT2D eigenvalue weighted by atomic mass is 16.6. The van der Waals surface area contributed by atoms with Crippen molar-refractivity contribution < 1.29 is 19.6 Å². The Morgan fingerprint density at radius 3 is 2.39 bits per heavy atom. The minimum Gasteiger partial charge on any atom is -0.462 e. The SMILES string of the molecule is O=C(OCCC(O)Cc1ccccc1)c1ccc([N+](=O)[O-])cc1. The average Bonchev–Trinajstić information content (AvgIpc) is 2.55. The van der Waals surface area contributed by atoms with Crippen LogP contribution in [0.2, 0.25) is 0 Å². The molecule has 0 aliphatic heterocycles. The summed E-state index contributed by atoms with van der Waals surface area (Å²) >= 11 is 0. The minimum atomic E-state index is -0.595. The van der Waals surface area contributed by atoms with Gasteiger partial charge in [0, 0.05) is 18.6 Å². The predicted molar refractivity (Wildman–Crippen MR) is 84.1 cm³/mol. The maximum atomic E-state index is 11.8. The second-order valence-electron chi connectivity index (χ2n) is 5.07. The topological polar surface area (TPSA) is 89.7 Å². The quantitative estimate of drug-likeness (QED) is 0.482. The standard InChI is InChI=1S/C17H17NO5/c19-16(12-13-4-2-1-3-5-13)10-11-23-17(20)14-6-8-15(9-7-14)18(21)22/h1-9,16,19H,10-12H2. The number of nitrogens with zero attached hydrogens (tertiary/aromatic N) is 1. The Hall–Kier alpha value is -2.73. The lowest BCUT2D eigenvalue weighted by atomic mass is 10.1. The molecule has 120 valence electrons. The van der Waals surface area contributed by atoms with Crippen molar-refractivity contribution in [3.8, 4) is 0 Å². The van der Waals surface area contributed by atoms with Crippen LogP contribution in [-0.4, -0.2) is 28.7 Å². The first-order chi connectivity index (χ1) is 11.1. The number of aliphatic hydroxyl groups excluding tert-OH is 1. The van der Waals surface area contributed by atoms with Gasteiger partial charge in [0.15, 0.2) is 0 Å². The van der Waals surface area contributed by atoms with Gasteiger partial charge < -0.3 is 9.84 Å². The Labute approximate surface area is 133 Å². The highest BCUT2D eigenvalue weighted by Gasteiger charge is 2.12. The van der Waals surface area contributed by atoms with E-state index in [1.165, 1.54) is 24.3 Å². The molecule has 0 spiro atoms. The first kappa shape index (κ1) is 16.6. The van der Waals surface area contributed by atoms with E-state index in [2.05, 4.69) is 0 Å². The third-order valence-corrected chi connectivity index (χ3v) is 3.31. The number of hydrogen-bond acceptors (Lipinski definition) is 5. The summed E-state index contributed by atoms with van der Waals surface area (Å²) < 4.78 is 5.07. The van der Waals surface area contributed by atoms with E-state index in [1.807, 2.05) is 30.3 Å². The fourth-order valence-electron chi connectivity index (χ4n) is 2.08. The van der Waals surface area contributed by atoms with Crippen LogP contribution in [0.15, 0.2) is 54.6 Å². The summed E-state index contributed by atoms with van der Waals surface area (Å²) in [5.74, 6) is -0.563. The van der Waals surface area contributed by atoms with Gasteiger partial charge in [-0.15, -0.1) is 0 Å². The molecule has 2 aromatic carbocycles. The Morgan fingerprint density at radius 2 is 1.78 bits per heavy atom. The molecule has 0 saturated carbocycles. The van der Waals surface area contributed by atoms with Crippen LogP contribution in [0.1, 0.15) is 22.3 Å². The first-order valence-electron chi connectivity index (χ1n) is 7.20. The van der Waals surface area contributed by atoms with Crippen LogP contribution in [0.25, 0.3) is 0 Å². The zero-order chi connectivity index (χ0) is 16.7. The van der Waals surface area contributed by atoms with Gasteiger partial charge in [-0.25, -0.2) is 4.79 Å².